The van der Waals surface area contributed by atoms with E-state index in [9.17, 15) is 4.79 Å². The average Bonchev–Trinajstić information content (AvgIpc) is 2.65. The molecule has 2 rings (SSSR count). The number of rotatable bonds is 3. The minimum absolute atomic E-state index is 0.0417. The summed E-state index contributed by atoms with van der Waals surface area (Å²) in [4.78, 5) is 16.4. The summed E-state index contributed by atoms with van der Waals surface area (Å²) in [6.45, 7) is 4.61. The van der Waals surface area contributed by atoms with E-state index in [1.165, 1.54) is 11.3 Å². The van der Waals surface area contributed by atoms with E-state index in [2.05, 4.69) is 4.98 Å². The summed E-state index contributed by atoms with van der Waals surface area (Å²) < 4.78 is 2.38. The Bertz CT molecular complexity index is 561. The molecule has 0 bridgehead atoms. The Morgan fingerprint density at radius 1 is 1.62 bits per heavy atom. The molecule has 0 spiro atoms. The van der Waals surface area contributed by atoms with Gasteiger partial charge in [0.1, 0.15) is 4.70 Å². The molecule has 2 aromatic rings. The van der Waals surface area contributed by atoms with E-state index in [1.807, 2.05) is 19.2 Å². The first-order valence-electron chi connectivity index (χ1n) is 5.12. The predicted molar refractivity (Wildman–Crippen MR) is 68.5 cm³/mol. The van der Waals surface area contributed by atoms with Crippen LogP contribution in [0.2, 0.25) is 0 Å². The fraction of sp³-hybridized carbons (Fsp3) is 0.455. The molecular formula is C11H13ClN2OS. The van der Waals surface area contributed by atoms with Crippen molar-refractivity contribution in [3.8, 4) is 0 Å². The molecule has 0 aliphatic heterocycles. The first-order valence-corrected chi connectivity index (χ1v) is 6.54. The average molecular weight is 257 g/mol. The molecule has 0 fully saturated rings. The molecule has 16 heavy (non-hydrogen) atoms. The van der Waals surface area contributed by atoms with E-state index < -0.39 is 0 Å². The first kappa shape index (κ1) is 11.6. The molecule has 0 N–H and O–H groups in total. The summed E-state index contributed by atoms with van der Waals surface area (Å²) in [7, 11) is 0. The maximum absolute atomic E-state index is 12.1. The van der Waals surface area contributed by atoms with Gasteiger partial charge in [0.25, 0.3) is 5.56 Å². The number of hydrogen-bond donors (Lipinski definition) is 0. The molecule has 0 radical (unpaired) electrons. The van der Waals surface area contributed by atoms with Crippen LogP contribution in [0.3, 0.4) is 0 Å². The van der Waals surface area contributed by atoms with E-state index in [-0.39, 0.29) is 11.5 Å². The number of alkyl halides is 1. The zero-order valence-corrected chi connectivity index (χ0v) is 10.8. The van der Waals surface area contributed by atoms with Gasteiger partial charge in [0.15, 0.2) is 0 Å². The Morgan fingerprint density at radius 3 is 3.06 bits per heavy atom. The SMILES string of the molecule is Cc1csc2c(=O)n(CC(C)CCl)cnc12. The van der Waals surface area contributed by atoms with Crippen molar-refractivity contribution in [3.05, 3.63) is 27.6 Å². The van der Waals surface area contributed by atoms with Gasteiger partial charge >= 0.3 is 0 Å². The molecule has 1 unspecified atom stereocenters. The number of thiophene rings is 1. The highest BCUT2D eigenvalue weighted by atomic mass is 35.5. The van der Waals surface area contributed by atoms with Crippen molar-refractivity contribution >= 4 is 33.2 Å². The van der Waals surface area contributed by atoms with E-state index in [4.69, 9.17) is 11.6 Å². The monoisotopic (exact) mass is 256 g/mol. The Morgan fingerprint density at radius 2 is 2.38 bits per heavy atom. The fourth-order valence-corrected chi connectivity index (χ4v) is 2.62. The van der Waals surface area contributed by atoms with E-state index >= 15 is 0 Å². The number of fused-ring (bicyclic) bond motifs is 1. The number of aromatic nitrogens is 2. The Hall–Kier alpha value is -0.870. The van der Waals surface area contributed by atoms with Gasteiger partial charge in [-0.2, -0.15) is 0 Å². The van der Waals surface area contributed by atoms with Crippen LogP contribution < -0.4 is 5.56 Å². The van der Waals surface area contributed by atoms with Crippen LogP contribution in [-0.4, -0.2) is 15.4 Å². The van der Waals surface area contributed by atoms with Crippen molar-refractivity contribution in [1.82, 2.24) is 9.55 Å². The Labute approximate surface area is 103 Å². The topological polar surface area (TPSA) is 34.9 Å². The Balaban J connectivity index is 2.49. The van der Waals surface area contributed by atoms with Gasteiger partial charge in [-0.15, -0.1) is 22.9 Å². The summed E-state index contributed by atoms with van der Waals surface area (Å²) in [5.74, 6) is 0.827. The number of halogens is 1. The molecule has 2 heterocycles. The van der Waals surface area contributed by atoms with E-state index in [0.717, 1.165) is 15.8 Å². The highest BCUT2D eigenvalue weighted by Gasteiger charge is 2.09. The summed E-state index contributed by atoms with van der Waals surface area (Å²) in [5, 5.41) is 1.97. The molecule has 5 heteroatoms. The lowest BCUT2D eigenvalue weighted by Gasteiger charge is -2.09. The van der Waals surface area contributed by atoms with Crippen LogP contribution in [0.4, 0.5) is 0 Å². The lowest BCUT2D eigenvalue weighted by molar-refractivity contribution is 0.513. The van der Waals surface area contributed by atoms with Crippen LogP contribution in [0.25, 0.3) is 10.2 Å². The lowest BCUT2D eigenvalue weighted by Crippen LogP contribution is -2.23. The van der Waals surface area contributed by atoms with Gasteiger partial charge in [-0.3, -0.25) is 9.36 Å². The second-order valence-corrected chi connectivity index (χ2v) is 5.25. The molecule has 3 nitrogen and oxygen atoms in total. The highest BCUT2D eigenvalue weighted by molar-refractivity contribution is 7.17. The second kappa shape index (κ2) is 4.55. The summed E-state index contributed by atoms with van der Waals surface area (Å²) in [5.41, 5.74) is 1.93. The molecule has 0 aliphatic rings. The molecule has 0 aromatic carbocycles. The number of hydrogen-bond acceptors (Lipinski definition) is 3. The van der Waals surface area contributed by atoms with Gasteiger partial charge in [0.05, 0.1) is 11.8 Å². The van der Waals surface area contributed by atoms with Crippen LogP contribution in [0, 0.1) is 12.8 Å². The molecule has 0 amide bonds. The van der Waals surface area contributed by atoms with Crippen molar-refractivity contribution in [3.63, 3.8) is 0 Å². The van der Waals surface area contributed by atoms with Crippen LogP contribution in [0.15, 0.2) is 16.5 Å². The van der Waals surface area contributed by atoms with Gasteiger partial charge in [0, 0.05) is 12.4 Å². The lowest BCUT2D eigenvalue weighted by atomic mass is 10.2. The standard InChI is InChI=1S/C11H13ClN2OS/c1-7(3-12)4-14-6-13-9-8(2)5-16-10(9)11(14)15/h5-7H,3-4H2,1-2H3. The zero-order chi connectivity index (χ0) is 11.7. The van der Waals surface area contributed by atoms with Crippen molar-refractivity contribution in [2.24, 2.45) is 5.92 Å². The fourth-order valence-electron chi connectivity index (χ4n) is 1.58. The first-order chi connectivity index (χ1) is 7.63. The van der Waals surface area contributed by atoms with Crippen LogP contribution in [-0.2, 0) is 6.54 Å². The minimum atomic E-state index is 0.0417. The third-order valence-corrected chi connectivity index (χ3v) is 4.10. The Kier molecular flexibility index (Phi) is 3.30. The largest absolute Gasteiger partial charge is 0.298 e. The smallest absolute Gasteiger partial charge is 0.271 e. The van der Waals surface area contributed by atoms with Gasteiger partial charge < -0.3 is 0 Å². The molecule has 0 saturated heterocycles. The van der Waals surface area contributed by atoms with Crippen molar-refractivity contribution in [1.29, 1.82) is 0 Å². The maximum atomic E-state index is 12.1. The van der Waals surface area contributed by atoms with Crippen molar-refractivity contribution in [2.45, 2.75) is 20.4 Å². The molecular weight excluding hydrogens is 244 g/mol. The van der Waals surface area contributed by atoms with Gasteiger partial charge in [-0.1, -0.05) is 6.92 Å². The quantitative estimate of drug-likeness (QED) is 0.792. The van der Waals surface area contributed by atoms with Gasteiger partial charge in [-0.05, 0) is 23.8 Å². The van der Waals surface area contributed by atoms with Crippen molar-refractivity contribution in [2.75, 3.05) is 5.88 Å². The number of nitrogens with zero attached hydrogens (tertiary/aromatic N) is 2. The van der Waals surface area contributed by atoms with Gasteiger partial charge in [-0.25, -0.2) is 4.98 Å². The summed E-state index contributed by atoms with van der Waals surface area (Å²) in [6, 6.07) is 0. The number of aryl methyl sites for hydroxylation is 1. The molecule has 2 aromatic heterocycles. The zero-order valence-electron chi connectivity index (χ0n) is 9.24. The van der Waals surface area contributed by atoms with Crippen LogP contribution >= 0.6 is 22.9 Å². The van der Waals surface area contributed by atoms with E-state index in [1.54, 1.807) is 10.9 Å². The van der Waals surface area contributed by atoms with Crippen LogP contribution in [0.5, 0.6) is 0 Å². The van der Waals surface area contributed by atoms with E-state index in [0.29, 0.717) is 12.4 Å². The summed E-state index contributed by atoms with van der Waals surface area (Å²) >= 11 is 7.20. The molecule has 0 saturated carbocycles. The van der Waals surface area contributed by atoms with Crippen LogP contribution in [0.1, 0.15) is 12.5 Å². The normalized spacial score (nSPS) is 13.2. The van der Waals surface area contributed by atoms with Gasteiger partial charge in [0.2, 0.25) is 0 Å². The molecule has 1 atom stereocenters. The third-order valence-electron chi connectivity index (χ3n) is 2.50. The predicted octanol–water partition coefficient (Wildman–Crippen LogP) is 2.64. The molecule has 0 aliphatic carbocycles. The minimum Gasteiger partial charge on any atom is -0.298 e. The summed E-state index contributed by atoms with van der Waals surface area (Å²) in [6.07, 6.45) is 1.62. The third kappa shape index (κ3) is 1.99. The highest BCUT2D eigenvalue weighted by Crippen LogP contribution is 2.19. The van der Waals surface area contributed by atoms with Crippen molar-refractivity contribution < 1.29 is 0 Å². The maximum Gasteiger partial charge on any atom is 0.271 e. The second-order valence-electron chi connectivity index (χ2n) is 4.06. The molecule has 86 valence electrons.